The van der Waals surface area contributed by atoms with Crippen molar-refractivity contribution in [1.82, 2.24) is 30.3 Å². The normalized spacial score (nSPS) is 10.9. The Morgan fingerprint density at radius 2 is 1.87 bits per heavy atom. The Kier molecular flexibility index (Phi) is 8.67. The number of anilines is 2. The average Bonchev–Trinajstić information content (AvgIpc) is 3.38. The standard InChI is InChI=1S/C27H29F2N7O3/c1-4-16-13-17(5-6-18(16)27(38)34-15-22(37)31-10-9-30-2)35-25-26-33-14-20(36(26)12-11-32-25)19-7-8-21(39-3)24(29)23(19)28/h5-8,11-14,30H,4,9-10,15H2,1-3H3,(H,31,37)(H,32,35)(H,34,38). The number of benzene rings is 2. The summed E-state index contributed by atoms with van der Waals surface area (Å²) in [7, 11) is 3.05. The third kappa shape index (κ3) is 5.96. The highest BCUT2D eigenvalue weighted by Gasteiger charge is 2.19. The van der Waals surface area contributed by atoms with Crippen LogP contribution in [0, 0.1) is 11.6 Å². The van der Waals surface area contributed by atoms with E-state index in [4.69, 9.17) is 4.74 Å². The number of carbonyl (C=O) groups excluding carboxylic acids is 2. The van der Waals surface area contributed by atoms with E-state index in [0.29, 0.717) is 47.9 Å². The number of methoxy groups -OCH3 is 1. The summed E-state index contributed by atoms with van der Waals surface area (Å²) < 4.78 is 35.5. The van der Waals surface area contributed by atoms with Crippen LogP contribution in [0.4, 0.5) is 20.3 Å². The number of hydrogen-bond acceptors (Lipinski definition) is 7. The van der Waals surface area contributed by atoms with Gasteiger partial charge < -0.3 is 26.0 Å². The quantitative estimate of drug-likeness (QED) is 0.217. The summed E-state index contributed by atoms with van der Waals surface area (Å²) in [5.41, 5.74) is 2.63. The summed E-state index contributed by atoms with van der Waals surface area (Å²) >= 11 is 0. The SMILES string of the molecule is CCc1cc(Nc2nccn3c(-c4ccc(OC)c(F)c4F)cnc23)ccc1C(=O)NCC(=O)NCCNC. The number of aryl methyl sites for hydroxylation is 1. The van der Waals surface area contributed by atoms with Crippen LogP contribution >= 0.6 is 0 Å². The maximum absolute atomic E-state index is 14.8. The van der Waals surface area contributed by atoms with Gasteiger partial charge in [0.05, 0.1) is 25.5 Å². The molecule has 10 nitrogen and oxygen atoms in total. The number of carbonyl (C=O) groups is 2. The third-order valence-electron chi connectivity index (χ3n) is 6.07. The molecular formula is C27H29F2N7O3. The van der Waals surface area contributed by atoms with Crippen LogP contribution in [0.1, 0.15) is 22.8 Å². The molecule has 4 N–H and O–H groups in total. The number of ether oxygens (including phenoxy) is 1. The molecule has 2 heterocycles. The molecule has 0 saturated carbocycles. The van der Waals surface area contributed by atoms with Crippen molar-refractivity contribution in [2.24, 2.45) is 0 Å². The number of aromatic nitrogens is 3. The van der Waals surface area contributed by atoms with E-state index >= 15 is 0 Å². The molecule has 0 fully saturated rings. The van der Waals surface area contributed by atoms with E-state index in [1.807, 2.05) is 13.0 Å². The molecule has 4 aromatic rings. The fourth-order valence-corrected chi connectivity index (χ4v) is 4.06. The second-order valence-electron chi connectivity index (χ2n) is 8.54. The molecule has 39 heavy (non-hydrogen) atoms. The van der Waals surface area contributed by atoms with Crippen molar-refractivity contribution in [3.8, 4) is 17.0 Å². The van der Waals surface area contributed by atoms with Gasteiger partial charge in [0, 0.05) is 42.3 Å². The summed E-state index contributed by atoms with van der Waals surface area (Å²) in [6, 6.07) is 7.98. The van der Waals surface area contributed by atoms with Gasteiger partial charge in [0.15, 0.2) is 23.0 Å². The van der Waals surface area contributed by atoms with Crippen LogP contribution < -0.4 is 26.0 Å². The Balaban J connectivity index is 1.54. The first-order chi connectivity index (χ1) is 18.9. The zero-order chi connectivity index (χ0) is 27.9. The first kappa shape index (κ1) is 27.5. The van der Waals surface area contributed by atoms with Gasteiger partial charge in [-0.1, -0.05) is 6.92 Å². The highest BCUT2D eigenvalue weighted by Crippen LogP contribution is 2.31. The van der Waals surface area contributed by atoms with Gasteiger partial charge in [-0.2, -0.15) is 4.39 Å². The number of fused-ring (bicyclic) bond motifs is 1. The van der Waals surface area contributed by atoms with Gasteiger partial charge in [-0.05, 0) is 49.4 Å². The van der Waals surface area contributed by atoms with Gasteiger partial charge in [0.2, 0.25) is 11.7 Å². The first-order valence-electron chi connectivity index (χ1n) is 12.3. The second-order valence-corrected chi connectivity index (χ2v) is 8.54. The van der Waals surface area contributed by atoms with Crippen molar-refractivity contribution in [2.45, 2.75) is 13.3 Å². The minimum atomic E-state index is -1.08. The highest BCUT2D eigenvalue weighted by atomic mass is 19.2. The molecule has 0 spiro atoms. The molecule has 2 aromatic carbocycles. The van der Waals surface area contributed by atoms with Crippen LogP contribution in [0.5, 0.6) is 5.75 Å². The molecule has 2 aromatic heterocycles. The molecule has 0 saturated heterocycles. The van der Waals surface area contributed by atoms with Gasteiger partial charge in [-0.25, -0.2) is 14.4 Å². The molecule has 0 aliphatic rings. The van der Waals surface area contributed by atoms with Gasteiger partial charge in [0.25, 0.3) is 5.91 Å². The highest BCUT2D eigenvalue weighted by molar-refractivity contribution is 5.98. The van der Waals surface area contributed by atoms with Crippen molar-refractivity contribution in [2.75, 3.05) is 39.1 Å². The number of hydrogen-bond donors (Lipinski definition) is 4. The number of imidazole rings is 1. The van der Waals surface area contributed by atoms with E-state index in [9.17, 15) is 18.4 Å². The van der Waals surface area contributed by atoms with Crippen LogP contribution in [0.2, 0.25) is 0 Å². The lowest BCUT2D eigenvalue weighted by Gasteiger charge is -2.13. The number of amides is 2. The van der Waals surface area contributed by atoms with Crippen molar-refractivity contribution in [1.29, 1.82) is 0 Å². The van der Waals surface area contributed by atoms with E-state index in [0.717, 1.165) is 5.56 Å². The maximum Gasteiger partial charge on any atom is 0.251 e. The largest absolute Gasteiger partial charge is 0.494 e. The van der Waals surface area contributed by atoms with Gasteiger partial charge >= 0.3 is 0 Å². The lowest BCUT2D eigenvalue weighted by molar-refractivity contribution is -0.120. The topological polar surface area (TPSA) is 122 Å². The maximum atomic E-state index is 14.8. The first-order valence-corrected chi connectivity index (χ1v) is 12.3. The zero-order valence-corrected chi connectivity index (χ0v) is 21.8. The number of rotatable bonds is 11. The Labute approximate surface area is 223 Å². The Bertz CT molecular complexity index is 1510. The molecule has 4 rings (SSSR count). The van der Waals surface area contributed by atoms with E-state index in [2.05, 4.69) is 31.2 Å². The minimum absolute atomic E-state index is 0.0253. The van der Waals surface area contributed by atoms with Crippen molar-refractivity contribution >= 4 is 29.0 Å². The number of halogens is 2. The monoisotopic (exact) mass is 537 g/mol. The second kappa shape index (κ2) is 12.3. The Hall–Kier alpha value is -4.58. The van der Waals surface area contributed by atoms with Gasteiger partial charge in [0.1, 0.15) is 0 Å². The summed E-state index contributed by atoms with van der Waals surface area (Å²) in [6.45, 7) is 2.89. The number of likely N-dealkylation sites (N-methyl/N-ethyl adjacent to an activating group) is 1. The lowest BCUT2D eigenvalue weighted by Crippen LogP contribution is -2.39. The van der Waals surface area contributed by atoms with Crippen molar-refractivity contribution in [3.63, 3.8) is 0 Å². The van der Waals surface area contributed by atoms with Gasteiger partial charge in [-0.15, -0.1) is 0 Å². The summed E-state index contributed by atoms with van der Waals surface area (Å²) in [5.74, 6) is -2.55. The molecule has 0 unspecified atom stereocenters. The predicted molar refractivity (Wildman–Crippen MR) is 143 cm³/mol. The molecular weight excluding hydrogens is 508 g/mol. The van der Waals surface area contributed by atoms with E-state index in [1.54, 1.807) is 29.8 Å². The van der Waals surface area contributed by atoms with Gasteiger partial charge in [-0.3, -0.25) is 14.0 Å². The molecule has 204 valence electrons. The molecule has 0 radical (unpaired) electrons. The molecule has 0 aliphatic carbocycles. The Morgan fingerprint density at radius 1 is 1.05 bits per heavy atom. The fourth-order valence-electron chi connectivity index (χ4n) is 4.06. The van der Waals surface area contributed by atoms with Crippen LogP contribution in [0.3, 0.4) is 0 Å². The fraction of sp³-hybridized carbons (Fsp3) is 0.259. The van der Waals surface area contributed by atoms with Crippen LogP contribution in [-0.2, 0) is 11.2 Å². The van der Waals surface area contributed by atoms with E-state index in [-0.39, 0.29) is 29.7 Å². The van der Waals surface area contributed by atoms with Crippen LogP contribution in [-0.4, -0.2) is 60.0 Å². The van der Waals surface area contributed by atoms with Crippen molar-refractivity contribution in [3.05, 3.63) is 71.7 Å². The summed E-state index contributed by atoms with van der Waals surface area (Å²) in [6.07, 6.45) is 5.12. The zero-order valence-electron chi connectivity index (χ0n) is 21.8. The number of nitrogens with zero attached hydrogens (tertiary/aromatic N) is 3. The third-order valence-corrected chi connectivity index (χ3v) is 6.07. The smallest absolute Gasteiger partial charge is 0.251 e. The van der Waals surface area contributed by atoms with Crippen LogP contribution in [0.25, 0.3) is 16.9 Å². The van der Waals surface area contributed by atoms with E-state index in [1.165, 1.54) is 31.6 Å². The molecule has 0 aliphatic heterocycles. The van der Waals surface area contributed by atoms with Crippen LogP contribution in [0.15, 0.2) is 48.9 Å². The minimum Gasteiger partial charge on any atom is -0.494 e. The average molecular weight is 538 g/mol. The molecule has 2 amide bonds. The summed E-state index contributed by atoms with van der Waals surface area (Å²) in [4.78, 5) is 33.4. The number of nitrogens with one attached hydrogen (secondary N) is 4. The Morgan fingerprint density at radius 3 is 2.62 bits per heavy atom. The van der Waals surface area contributed by atoms with Crippen molar-refractivity contribution < 1.29 is 23.1 Å². The molecule has 12 heteroatoms. The molecule has 0 atom stereocenters. The lowest BCUT2D eigenvalue weighted by atomic mass is 10.0. The van der Waals surface area contributed by atoms with E-state index < -0.39 is 11.6 Å². The predicted octanol–water partition coefficient (Wildman–Crippen LogP) is 3.05. The molecule has 0 bridgehead atoms. The summed E-state index contributed by atoms with van der Waals surface area (Å²) in [5, 5.41) is 11.5.